The first kappa shape index (κ1) is 15.5. The predicted octanol–water partition coefficient (Wildman–Crippen LogP) is 0.599. The summed E-state index contributed by atoms with van der Waals surface area (Å²) in [7, 11) is 0. The van der Waals surface area contributed by atoms with E-state index in [4.69, 9.17) is 34.0 Å². The number of hydrogen-bond donors (Lipinski definition) is 2. The number of hydrogen-bond acceptors (Lipinski definition) is 3. The molecule has 2 rings (SSSR count). The molecule has 0 spiro atoms. The van der Waals surface area contributed by atoms with Crippen molar-refractivity contribution < 1.29 is 40.5 Å². The molecular formula is C11H8Cl2FN2NaO. The molecule has 3 N–H and O–H groups in total. The number of halogens is 3. The summed E-state index contributed by atoms with van der Waals surface area (Å²) >= 11 is 11.5. The molecule has 0 amide bonds. The van der Waals surface area contributed by atoms with Crippen LogP contribution in [0, 0.1) is 5.95 Å². The summed E-state index contributed by atoms with van der Waals surface area (Å²) < 4.78 is 13.4. The van der Waals surface area contributed by atoms with Crippen molar-refractivity contribution in [3.05, 3.63) is 40.3 Å². The molecule has 0 fully saturated rings. The Hall–Kier alpha value is -0.520. The summed E-state index contributed by atoms with van der Waals surface area (Å²) in [4.78, 5) is 3.64. The summed E-state index contributed by atoms with van der Waals surface area (Å²) in [6.07, 6.45) is 0. The van der Waals surface area contributed by atoms with E-state index in [1.54, 1.807) is 12.1 Å². The van der Waals surface area contributed by atoms with Gasteiger partial charge in [-0.1, -0.05) is 23.2 Å². The third kappa shape index (κ3) is 2.90. The van der Waals surface area contributed by atoms with Crippen LogP contribution in [0.2, 0.25) is 10.0 Å². The fraction of sp³-hybridized carbons (Fsp3) is 0. The number of aromatic hydroxyl groups is 1. The Bertz CT molecular complexity index is 584. The number of benzene rings is 1. The van der Waals surface area contributed by atoms with Gasteiger partial charge in [0.15, 0.2) is 0 Å². The van der Waals surface area contributed by atoms with Crippen LogP contribution in [0.5, 0.6) is 5.75 Å². The Morgan fingerprint density at radius 3 is 2.28 bits per heavy atom. The van der Waals surface area contributed by atoms with Crippen molar-refractivity contribution in [1.82, 2.24) is 4.98 Å². The summed E-state index contributed by atoms with van der Waals surface area (Å²) in [6.45, 7) is 0. The number of rotatable bonds is 1. The molecule has 0 aliphatic carbocycles. The quantitative estimate of drug-likeness (QED) is 0.598. The Morgan fingerprint density at radius 1 is 1.17 bits per heavy atom. The molecule has 0 aliphatic heterocycles. The van der Waals surface area contributed by atoms with Gasteiger partial charge in [-0.25, -0.2) is 4.98 Å². The Labute approximate surface area is 137 Å². The second-order valence-corrected chi connectivity index (χ2v) is 4.10. The van der Waals surface area contributed by atoms with Gasteiger partial charge in [-0.2, -0.15) is 4.39 Å². The van der Waals surface area contributed by atoms with Crippen molar-refractivity contribution in [2.24, 2.45) is 0 Å². The van der Waals surface area contributed by atoms with Crippen LogP contribution in [0.25, 0.3) is 11.3 Å². The molecule has 0 atom stereocenters. The van der Waals surface area contributed by atoms with Crippen molar-refractivity contribution in [3.8, 4) is 17.0 Å². The van der Waals surface area contributed by atoms with Gasteiger partial charge < -0.3 is 12.3 Å². The summed E-state index contributed by atoms with van der Waals surface area (Å²) in [5, 5.41) is 8.94. The van der Waals surface area contributed by atoms with Crippen LogP contribution in [0.4, 0.5) is 10.1 Å². The fourth-order valence-electron chi connectivity index (χ4n) is 1.34. The van der Waals surface area contributed by atoms with Crippen LogP contribution < -0.4 is 35.3 Å². The van der Waals surface area contributed by atoms with E-state index in [9.17, 15) is 4.39 Å². The number of nitrogens with two attached hydrogens (primary N) is 1. The van der Waals surface area contributed by atoms with E-state index in [2.05, 4.69) is 4.98 Å². The van der Waals surface area contributed by atoms with Gasteiger partial charge >= 0.3 is 29.6 Å². The molecule has 0 saturated carbocycles. The molecule has 0 unspecified atom stereocenters. The van der Waals surface area contributed by atoms with Gasteiger partial charge in [0.2, 0.25) is 5.95 Å². The number of phenols is 1. The molecule has 2 aromatic rings. The van der Waals surface area contributed by atoms with E-state index in [1.807, 2.05) is 0 Å². The molecular weight excluding hydrogens is 289 g/mol. The van der Waals surface area contributed by atoms with Crippen molar-refractivity contribution in [2.45, 2.75) is 0 Å². The first-order valence-electron chi connectivity index (χ1n) is 4.60. The standard InChI is InChI=1S/C11H7Cl2FN2O.Na.H/c12-7-9(15)8(13)11(14)16-10(7)5-1-3-6(17)4-2-5;;/h1-4,17H,(H2,15,16);;/q;+1;-1. The van der Waals surface area contributed by atoms with Gasteiger partial charge in [0.1, 0.15) is 10.8 Å². The van der Waals surface area contributed by atoms with Crippen molar-refractivity contribution in [3.63, 3.8) is 0 Å². The van der Waals surface area contributed by atoms with E-state index >= 15 is 0 Å². The van der Waals surface area contributed by atoms with Crippen LogP contribution in [-0.4, -0.2) is 10.1 Å². The fourth-order valence-corrected chi connectivity index (χ4v) is 1.77. The molecule has 0 bridgehead atoms. The number of nitrogen functional groups attached to an aromatic ring is 1. The van der Waals surface area contributed by atoms with Gasteiger partial charge in [0, 0.05) is 5.56 Å². The van der Waals surface area contributed by atoms with Gasteiger partial charge in [0.25, 0.3) is 0 Å². The monoisotopic (exact) mass is 296 g/mol. The number of phenolic OH excluding ortho intramolecular Hbond substituents is 1. The Balaban J connectivity index is 0.00000162. The zero-order valence-corrected chi connectivity index (χ0v) is 12.9. The average Bonchev–Trinajstić information content (AvgIpc) is 2.32. The maximum absolute atomic E-state index is 13.4. The summed E-state index contributed by atoms with van der Waals surface area (Å²) in [5.74, 6) is -0.788. The zero-order chi connectivity index (χ0) is 12.6. The second-order valence-electron chi connectivity index (χ2n) is 3.34. The molecule has 90 valence electrons. The number of nitrogens with zero attached hydrogens (tertiary/aromatic N) is 1. The van der Waals surface area contributed by atoms with Gasteiger partial charge in [0.05, 0.1) is 16.4 Å². The molecule has 0 aliphatic rings. The van der Waals surface area contributed by atoms with E-state index < -0.39 is 5.95 Å². The third-order valence-electron chi connectivity index (χ3n) is 2.21. The first-order valence-corrected chi connectivity index (χ1v) is 5.35. The maximum Gasteiger partial charge on any atom is 1.00 e. The minimum Gasteiger partial charge on any atom is -1.00 e. The minimum atomic E-state index is -0.878. The number of aromatic nitrogens is 1. The molecule has 1 heterocycles. The van der Waals surface area contributed by atoms with Crippen LogP contribution in [-0.2, 0) is 0 Å². The van der Waals surface area contributed by atoms with Crippen LogP contribution in [0.1, 0.15) is 1.43 Å². The minimum absolute atomic E-state index is 0. The largest absolute Gasteiger partial charge is 1.00 e. The summed E-state index contributed by atoms with van der Waals surface area (Å²) in [5.41, 5.74) is 6.23. The Kier molecular flexibility index (Phi) is 5.25. The van der Waals surface area contributed by atoms with Crippen LogP contribution in [0.3, 0.4) is 0 Å². The molecule has 0 saturated heterocycles. The van der Waals surface area contributed by atoms with E-state index in [1.165, 1.54) is 12.1 Å². The molecule has 3 nitrogen and oxygen atoms in total. The van der Waals surface area contributed by atoms with Crippen LogP contribution >= 0.6 is 23.2 Å². The number of pyridine rings is 1. The smallest absolute Gasteiger partial charge is 1.00 e. The Morgan fingerprint density at radius 2 is 1.72 bits per heavy atom. The topological polar surface area (TPSA) is 59.1 Å². The van der Waals surface area contributed by atoms with Gasteiger partial charge in [-0.3, -0.25) is 0 Å². The molecule has 18 heavy (non-hydrogen) atoms. The predicted molar refractivity (Wildman–Crippen MR) is 66.8 cm³/mol. The molecule has 0 radical (unpaired) electrons. The SMILES string of the molecule is Nc1c(Cl)c(F)nc(-c2ccc(O)cc2)c1Cl.[H-].[Na+]. The molecule has 7 heteroatoms. The zero-order valence-electron chi connectivity index (χ0n) is 10.4. The van der Waals surface area contributed by atoms with Crippen molar-refractivity contribution >= 4 is 28.9 Å². The van der Waals surface area contributed by atoms with Crippen molar-refractivity contribution in [1.29, 1.82) is 0 Å². The third-order valence-corrected chi connectivity index (χ3v) is 2.95. The van der Waals surface area contributed by atoms with E-state index in [0.29, 0.717) is 5.56 Å². The van der Waals surface area contributed by atoms with Crippen molar-refractivity contribution in [2.75, 3.05) is 5.73 Å². The van der Waals surface area contributed by atoms with Gasteiger partial charge in [-0.15, -0.1) is 0 Å². The number of anilines is 1. The van der Waals surface area contributed by atoms with Crippen LogP contribution in [0.15, 0.2) is 24.3 Å². The normalized spacial score (nSPS) is 9.94. The molecule has 1 aromatic heterocycles. The second kappa shape index (κ2) is 6.08. The maximum atomic E-state index is 13.4. The first-order chi connectivity index (χ1) is 8.00. The molecule has 1 aromatic carbocycles. The van der Waals surface area contributed by atoms with E-state index in [-0.39, 0.29) is 58.2 Å². The van der Waals surface area contributed by atoms with Gasteiger partial charge in [-0.05, 0) is 24.3 Å². The average molecular weight is 297 g/mol. The van der Waals surface area contributed by atoms with E-state index in [0.717, 1.165) is 0 Å². The summed E-state index contributed by atoms with van der Waals surface area (Å²) in [6, 6.07) is 5.98.